The predicted molar refractivity (Wildman–Crippen MR) is 185 cm³/mol. The zero-order valence-electron chi connectivity index (χ0n) is 29.5. The Hall–Kier alpha value is -1.10. The lowest BCUT2D eigenvalue weighted by molar-refractivity contribution is -0.166. The van der Waals surface area contributed by atoms with E-state index in [9.17, 15) is 14.7 Å². The van der Waals surface area contributed by atoms with Crippen molar-refractivity contribution in [3.05, 3.63) is 0 Å². The molecular formula is C38H75NO4. The number of carbonyl (C=O) groups excluding carboxylic acids is 1. The number of nitrogens with one attached hydrogen (secondary N) is 1. The van der Waals surface area contributed by atoms with Crippen molar-refractivity contribution in [2.75, 3.05) is 6.54 Å². The maximum atomic E-state index is 13.8. The number of hydrogen-bond donors (Lipinski definition) is 2. The number of ether oxygens (including phenoxy) is 1. The van der Waals surface area contributed by atoms with Gasteiger partial charge in [-0.05, 0) is 57.9 Å². The van der Waals surface area contributed by atoms with Crippen molar-refractivity contribution >= 4 is 11.9 Å². The molecule has 0 aliphatic carbocycles. The van der Waals surface area contributed by atoms with Crippen molar-refractivity contribution in [2.45, 2.75) is 226 Å². The van der Waals surface area contributed by atoms with Gasteiger partial charge >= 0.3 is 11.9 Å². The van der Waals surface area contributed by atoms with Gasteiger partial charge in [-0.3, -0.25) is 9.59 Å². The van der Waals surface area contributed by atoms with Crippen LogP contribution in [0.15, 0.2) is 0 Å². The molecular weight excluding hydrogens is 534 g/mol. The Labute approximate surface area is 268 Å². The molecule has 1 unspecified atom stereocenters. The molecule has 256 valence electrons. The summed E-state index contributed by atoms with van der Waals surface area (Å²) in [6.45, 7) is 9.68. The van der Waals surface area contributed by atoms with Crippen molar-refractivity contribution in [1.29, 1.82) is 0 Å². The van der Waals surface area contributed by atoms with Crippen molar-refractivity contribution in [3.63, 3.8) is 0 Å². The summed E-state index contributed by atoms with van der Waals surface area (Å²) in [6, 6.07) is -0.537. The average molecular weight is 610 g/mol. The molecule has 0 amide bonds. The van der Waals surface area contributed by atoms with Crippen LogP contribution < -0.4 is 5.32 Å². The van der Waals surface area contributed by atoms with Crippen LogP contribution in [-0.4, -0.2) is 35.2 Å². The quantitative estimate of drug-likeness (QED) is 0.0560. The van der Waals surface area contributed by atoms with E-state index in [-0.39, 0.29) is 12.4 Å². The third-order valence-electron chi connectivity index (χ3n) is 9.13. The number of carboxylic acid groups (broad SMARTS) is 1. The lowest BCUT2D eigenvalue weighted by Gasteiger charge is -2.36. The van der Waals surface area contributed by atoms with Crippen LogP contribution in [-0.2, 0) is 14.3 Å². The molecule has 0 rings (SSSR count). The fourth-order valence-electron chi connectivity index (χ4n) is 6.25. The minimum atomic E-state index is -0.853. The van der Waals surface area contributed by atoms with Crippen molar-refractivity contribution in [3.8, 4) is 0 Å². The highest BCUT2D eigenvalue weighted by atomic mass is 16.6. The minimum Gasteiger partial charge on any atom is -0.481 e. The van der Waals surface area contributed by atoms with Crippen molar-refractivity contribution in [2.24, 2.45) is 0 Å². The smallest absolute Gasteiger partial charge is 0.323 e. The molecule has 5 heteroatoms. The normalized spacial score (nSPS) is 12.5. The molecule has 0 spiro atoms. The summed E-state index contributed by atoms with van der Waals surface area (Å²) in [6.07, 6.45) is 32.7. The van der Waals surface area contributed by atoms with E-state index in [1.165, 1.54) is 116 Å². The third-order valence-corrected chi connectivity index (χ3v) is 9.13. The van der Waals surface area contributed by atoms with E-state index in [2.05, 4.69) is 33.0 Å². The second-order valence-electron chi connectivity index (χ2n) is 13.4. The average Bonchev–Trinajstić information content (AvgIpc) is 2.99. The van der Waals surface area contributed by atoms with E-state index in [1.807, 2.05) is 0 Å². The minimum absolute atomic E-state index is 0.0132. The number of carboxylic acids is 1. The van der Waals surface area contributed by atoms with Crippen LogP contribution in [0.1, 0.15) is 214 Å². The van der Waals surface area contributed by atoms with E-state index in [4.69, 9.17) is 4.74 Å². The molecule has 0 bridgehead atoms. The highest BCUT2D eigenvalue weighted by Crippen LogP contribution is 2.34. The molecule has 0 aromatic rings. The van der Waals surface area contributed by atoms with Gasteiger partial charge in [-0.2, -0.15) is 0 Å². The van der Waals surface area contributed by atoms with Crippen LogP contribution in [0.2, 0.25) is 0 Å². The van der Waals surface area contributed by atoms with E-state index >= 15 is 0 Å². The number of unbranched alkanes of at least 4 members (excludes halogenated alkanes) is 20. The van der Waals surface area contributed by atoms with Crippen LogP contribution in [0.5, 0.6) is 0 Å². The lowest BCUT2D eigenvalue weighted by atomic mass is 9.84. The number of esters is 1. The maximum Gasteiger partial charge on any atom is 0.323 e. The van der Waals surface area contributed by atoms with Crippen LogP contribution in [0.3, 0.4) is 0 Å². The van der Waals surface area contributed by atoms with Gasteiger partial charge in [0.2, 0.25) is 0 Å². The Morgan fingerprint density at radius 3 is 1.28 bits per heavy atom. The van der Waals surface area contributed by atoms with Gasteiger partial charge in [0, 0.05) is 6.42 Å². The standard InChI is InChI=1S/C38H75NO4/c1-5-9-13-16-19-20-21-24-27-33-38(31-25-22-17-14-10-6-2,32-26-23-18-15-11-7-3)43-37(42)35(29-30-36(40)41)39-34-28-12-8-4/h35,39H,5-34H2,1-4H3,(H,40,41). The van der Waals surface area contributed by atoms with Crippen molar-refractivity contribution < 1.29 is 19.4 Å². The first kappa shape index (κ1) is 41.9. The zero-order chi connectivity index (χ0) is 31.9. The summed E-state index contributed by atoms with van der Waals surface area (Å²) in [5.41, 5.74) is -0.416. The zero-order valence-corrected chi connectivity index (χ0v) is 29.5. The monoisotopic (exact) mass is 610 g/mol. The molecule has 2 N–H and O–H groups in total. The van der Waals surface area contributed by atoms with E-state index in [0.29, 0.717) is 6.42 Å². The Balaban J connectivity index is 5.51. The van der Waals surface area contributed by atoms with Crippen LogP contribution in [0, 0.1) is 0 Å². The topological polar surface area (TPSA) is 75.6 Å². The van der Waals surface area contributed by atoms with Crippen LogP contribution in [0.4, 0.5) is 0 Å². The summed E-state index contributed by atoms with van der Waals surface area (Å²) < 4.78 is 6.62. The van der Waals surface area contributed by atoms with Gasteiger partial charge in [0.05, 0.1) is 0 Å². The van der Waals surface area contributed by atoms with Gasteiger partial charge in [0.15, 0.2) is 0 Å². The molecule has 0 saturated carbocycles. The van der Waals surface area contributed by atoms with Gasteiger partial charge in [0.25, 0.3) is 0 Å². The fraction of sp³-hybridized carbons (Fsp3) is 0.947. The SMILES string of the molecule is CCCCCCCCCCCC(CCCCCCCC)(CCCCCCCC)OC(=O)C(CCC(=O)O)NCCCCC. The maximum absolute atomic E-state index is 13.8. The number of carbonyl (C=O) groups is 2. The first-order valence-electron chi connectivity index (χ1n) is 19.1. The molecule has 0 heterocycles. The first-order valence-corrected chi connectivity index (χ1v) is 19.1. The number of rotatable bonds is 34. The number of aliphatic carboxylic acids is 1. The third kappa shape index (κ3) is 25.9. The summed E-state index contributed by atoms with van der Waals surface area (Å²) >= 11 is 0. The van der Waals surface area contributed by atoms with Crippen molar-refractivity contribution in [1.82, 2.24) is 5.32 Å². The largest absolute Gasteiger partial charge is 0.481 e. The lowest BCUT2D eigenvalue weighted by Crippen LogP contribution is -2.45. The van der Waals surface area contributed by atoms with E-state index < -0.39 is 17.6 Å². The Morgan fingerprint density at radius 1 is 0.558 bits per heavy atom. The molecule has 0 aromatic carbocycles. The predicted octanol–water partition coefficient (Wildman–Crippen LogP) is 11.7. The molecule has 0 radical (unpaired) electrons. The summed E-state index contributed by atoms with van der Waals surface area (Å²) in [5.74, 6) is -1.07. The van der Waals surface area contributed by atoms with Gasteiger partial charge in [0.1, 0.15) is 11.6 Å². The first-order chi connectivity index (χ1) is 20.9. The molecule has 0 saturated heterocycles. The fourth-order valence-corrected chi connectivity index (χ4v) is 6.25. The Morgan fingerprint density at radius 2 is 0.907 bits per heavy atom. The van der Waals surface area contributed by atoms with Gasteiger partial charge in [-0.1, -0.05) is 156 Å². The Kier molecular flexibility index (Phi) is 30.1. The van der Waals surface area contributed by atoms with Gasteiger partial charge in [-0.15, -0.1) is 0 Å². The second kappa shape index (κ2) is 30.9. The highest BCUT2D eigenvalue weighted by molar-refractivity contribution is 5.77. The van der Waals surface area contributed by atoms with E-state index in [0.717, 1.165) is 64.3 Å². The molecule has 43 heavy (non-hydrogen) atoms. The highest BCUT2D eigenvalue weighted by Gasteiger charge is 2.35. The van der Waals surface area contributed by atoms with Crippen LogP contribution >= 0.6 is 0 Å². The molecule has 5 nitrogen and oxygen atoms in total. The summed E-state index contributed by atoms with van der Waals surface area (Å²) in [4.78, 5) is 25.2. The molecule has 0 fully saturated rings. The Bertz CT molecular complexity index is 607. The number of hydrogen-bond acceptors (Lipinski definition) is 4. The van der Waals surface area contributed by atoms with Crippen LogP contribution in [0.25, 0.3) is 0 Å². The van der Waals surface area contributed by atoms with E-state index in [1.54, 1.807) is 0 Å². The summed E-state index contributed by atoms with van der Waals surface area (Å²) in [7, 11) is 0. The second-order valence-corrected chi connectivity index (χ2v) is 13.4. The van der Waals surface area contributed by atoms with Gasteiger partial charge < -0.3 is 15.2 Å². The molecule has 0 aliphatic heterocycles. The molecule has 1 atom stereocenters. The molecule has 0 aliphatic rings. The van der Waals surface area contributed by atoms with Gasteiger partial charge in [-0.25, -0.2) is 0 Å². The summed E-state index contributed by atoms with van der Waals surface area (Å²) in [5, 5.41) is 12.7. The molecule has 0 aromatic heterocycles.